The fourth-order valence-corrected chi connectivity index (χ4v) is 3.21. The van der Waals surface area contributed by atoms with Crippen molar-refractivity contribution in [2.24, 2.45) is 0 Å². The highest BCUT2D eigenvalue weighted by Crippen LogP contribution is 2.33. The predicted octanol–water partition coefficient (Wildman–Crippen LogP) is 4.28. The Morgan fingerprint density at radius 3 is 2.77 bits per heavy atom. The van der Waals surface area contributed by atoms with Gasteiger partial charge in [0.05, 0.1) is 15.2 Å². The molecule has 0 spiro atoms. The molecule has 3 aromatic rings. The molecule has 0 aliphatic heterocycles. The number of rotatable bonds is 4. The molecule has 0 aliphatic rings. The smallest absolute Gasteiger partial charge is 0.264 e. The number of nitrogens with one attached hydrogen (secondary N) is 1. The second kappa shape index (κ2) is 6.34. The zero-order chi connectivity index (χ0) is 15.5. The van der Waals surface area contributed by atoms with Gasteiger partial charge in [0.25, 0.3) is 5.91 Å². The van der Waals surface area contributed by atoms with E-state index in [1.54, 1.807) is 12.1 Å². The standard InChI is InChI=1S/C16H13ClN2O2S/c1-10-7-8-12(17)15-14(10)19-16(22-15)18-13(20)9-21-11-5-3-2-4-6-11/h2-8H,9H2,1H3,(H,18,19,20). The van der Waals surface area contributed by atoms with Gasteiger partial charge >= 0.3 is 0 Å². The van der Waals surface area contributed by atoms with Crippen molar-refractivity contribution in [3.05, 3.63) is 53.1 Å². The maximum Gasteiger partial charge on any atom is 0.264 e. The molecule has 0 unspecified atom stereocenters. The van der Waals surface area contributed by atoms with Gasteiger partial charge in [-0.25, -0.2) is 4.98 Å². The third-order valence-corrected chi connectivity index (χ3v) is 4.49. The van der Waals surface area contributed by atoms with Gasteiger partial charge < -0.3 is 4.74 Å². The zero-order valence-corrected chi connectivity index (χ0v) is 13.4. The summed E-state index contributed by atoms with van der Waals surface area (Å²) in [7, 11) is 0. The number of halogens is 1. The quantitative estimate of drug-likeness (QED) is 0.776. The lowest BCUT2D eigenvalue weighted by Crippen LogP contribution is -2.19. The number of carbonyl (C=O) groups excluding carboxylic acids is 1. The molecule has 0 atom stereocenters. The molecular formula is C16H13ClN2O2S. The Morgan fingerprint density at radius 2 is 2.05 bits per heavy atom. The van der Waals surface area contributed by atoms with Crippen LogP contribution in [0.25, 0.3) is 10.2 Å². The predicted molar refractivity (Wildman–Crippen MR) is 89.9 cm³/mol. The number of aromatic nitrogens is 1. The van der Waals surface area contributed by atoms with Crippen molar-refractivity contribution >= 4 is 44.2 Å². The monoisotopic (exact) mass is 332 g/mol. The van der Waals surface area contributed by atoms with Gasteiger partial charge in [0.2, 0.25) is 0 Å². The molecule has 2 aromatic carbocycles. The van der Waals surface area contributed by atoms with E-state index in [-0.39, 0.29) is 12.5 Å². The minimum absolute atomic E-state index is 0.0628. The summed E-state index contributed by atoms with van der Waals surface area (Å²) >= 11 is 7.51. The first kappa shape index (κ1) is 14.8. The number of hydrogen-bond acceptors (Lipinski definition) is 4. The van der Waals surface area contributed by atoms with E-state index in [4.69, 9.17) is 16.3 Å². The van der Waals surface area contributed by atoms with Crippen LogP contribution in [0.4, 0.5) is 5.13 Å². The molecule has 0 aliphatic carbocycles. The van der Waals surface area contributed by atoms with Gasteiger partial charge in [-0.1, -0.05) is 47.2 Å². The molecule has 0 saturated heterocycles. The minimum Gasteiger partial charge on any atom is -0.484 e. The van der Waals surface area contributed by atoms with E-state index in [1.165, 1.54) is 11.3 Å². The van der Waals surface area contributed by atoms with Crippen LogP contribution in [0.3, 0.4) is 0 Å². The molecule has 0 saturated carbocycles. The van der Waals surface area contributed by atoms with Crippen LogP contribution in [0.15, 0.2) is 42.5 Å². The van der Waals surface area contributed by atoms with Crippen LogP contribution in [-0.4, -0.2) is 17.5 Å². The Morgan fingerprint density at radius 1 is 1.27 bits per heavy atom. The van der Waals surface area contributed by atoms with Crippen LogP contribution in [-0.2, 0) is 4.79 Å². The van der Waals surface area contributed by atoms with E-state index in [1.807, 2.05) is 37.3 Å². The van der Waals surface area contributed by atoms with Crippen molar-refractivity contribution < 1.29 is 9.53 Å². The molecule has 0 fully saturated rings. The van der Waals surface area contributed by atoms with Gasteiger partial charge in [0.15, 0.2) is 11.7 Å². The van der Waals surface area contributed by atoms with E-state index in [0.717, 1.165) is 15.8 Å². The maximum atomic E-state index is 11.9. The molecule has 1 heterocycles. The van der Waals surface area contributed by atoms with Crippen LogP contribution in [0.2, 0.25) is 5.02 Å². The van der Waals surface area contributed by atoms with Crippen molar-refractivity contribution in [1.82, 2.24) is 4.98 Å². The summed E-state index contributed by atoms with van der Waals surface area (Å²) in [5, 5.41) is 3.90. The topological polar surface area (TPSA) is 51.2 Å². The first-order valence-electron chi connectivity index (χ1n) is 6.67. The summed E-state index contributed by atoms with van der Waals surface area (Å²) < 4.78 is 6.28. The molecule has 1 amide bonds. The molecule has 1 N–H and O–H groups in total. The van der Waals surface area contributed by atoms with Crippen LogP contribution < -0.4 is 10.1 Å². The van der Waals surface area contributed by atoms with Gasteiger partial charge in [-0.2, -0.15) is 0 Å². The normalized spacial score (nSPS) is 10.6. The van der Waals surface area contributed by atoms with Crippen LogP contribution in [0, 0.1) is 6.92 Å². The Kier molecular flexibility index (Phi) is 4.27. The van der Waals surface area contributed by atoms with E-state index in [9.17, 15) is 4.79 Å². The molecule has 112 valence electrons. The summed E-state index contributed by atoms with van der Waals surface area (Å²) in [4.78, 5) is 16.3. The van der Waals surface area contributed by atoms with Gasteiger partial charge in [0, 0.05) is 0 Å². The highest BCUT2D eigenvalue weighted by molar-refractivity contribution is 7.23. The average molecular weight is 333 g/mol. The SMILES string of the molecule is Cc1ccc(Cl)c2sc(NC(=O)COc3ccccc3)nc12. The second-order valence-corrected chi connectivity index (χ2v) is 6.12. The van der Waals surface area contributed by atoms with Crippen molar-refractivity contribution in [3.8, 4) is 5.75 Å². The third-order valence-electron chi connectivity index (χ3n) is 3.06. The lowest BCUT2D eigenvalue weighted by Gasteiger charge is -2.04. The number of aryl methyl sites for hydroxylation is 1. The Balaban J connectivity index is 1.69. The summed E-state index contributed by atoms with van der Waals surface area (Å²) in [5.74, 6) is 0.400. The van der Waals surface area contributed by atoms with Crippen molar-refractivity contribution in [3.63, 3.8) is 0 Å². The maximum absolute atomic E-state index is 11.9. The van der Waals surface area contributed by atoms with E-state index >= 15 is 0 Å². The lowest BCUT2D eigenvalue weighted by atomic mass is 10.2. The highest BCUT2D eigenvalue weighted by Gasteiger charge is 2.12. The lowest BCUT2D eigenvalue weighted by molar-refractivity contribution is -0.118. The first-order valence-corrected chi connectivity index (χ1v) is 7.86. The number of benzene rings is 2. The molecule has 6 heteroatoms. The summed E-state index contributed by atoms with van der Waals surface area (Å²) in [6, 6.07) is 12.9. The number of carbonyl (C=O) groups is 1. The fraction of sp³-hybridized carbons (Fsp3) is 0.125. The number of ether oxygens (including phenoxy) is 1. The molecule has 3 rings (SSSR count). The Labute approximate surface area is 136 Å². The van der Waals surface area contributed by atoms with Crippen LogP contribution in [0.1, 0.15) is 5.56 Å². The van der Waals surface area contributed by atoms with Gasteiger partial charge in [-0.3, -0.25) is 10.1 Å². The Bertz CT molecular complexity index is 779. The van der Waals surface area contributed by atoms with E-state index in [0.29, 0.717) is 15.9 Å². The number of anilines is 1. The largest absolute Gasteiger partial charge is 0.484 e. The van der Waals surface area contributed by atoms with E-state index < -0.39 is 0 Å². The molecule has 1 aromatic heterocycles. The number of nitrogens with zero attached hydrogens (tertiary/aromatic N) is 1. The van der Waals surface area contributed by atoms with Crippen LogP contribution in [0.5, 0.6) is 5.75 Å². The summed E-state index contributed by atoms with van der Waals surface area (Å²) in [5.41, 5.74) is 1.84. The number of amides is 1. The van der Waals surface area contributed by atoms with Crippen molar-refractivity contribution in [2.75, 3.05) is 11.9 Å². The van der Waals surface area contributed by atoms with Crippen LogP contribution >= 0.6 is 22.9 Å². The number of hydrogen-bond donors (Lipinski definition) is 1. The van der Waals surface area contributed by atoms with E-state index in [2.05, 4.69) is 10.3 Å². The number of fused-ring (bicyclic) bond motifs is 1. The first-order chi connectivity index (χ1) is 10.6. The van der Waals surface area contributed by atoms with Gasteiger partial charge in [-0.15, -0.1) is 0 Å². The fourth-order valence-electron chi connectivity index (χ4n) is 1.98. The second-order valence-electron chi connectivity index (χ2n) is 4.71. The molecule has 22 heavy (non-hydrogen) atoms. The van der Waals surface area contributed by atoms with Crippen molar-refractivity contribution in [2.45, 2.75) is 6.92 Å². The summed E-state index contributed by atoms with van der Waals surface area (Å²) in [6.45, 7) is 1.90. The molecule has 4 nitrogen and oxygen atoms in total. The zero-order valence-electron chi connectivity index (χ0n) is 11.8. The summed E-state index contributed by atoms with van der Waals surface area (Å²) in [6.07, 6.45) is 0. The molecular weight excluding hydrogens is 320 g/mol. The number of para-hydroxylation sites is 1. The van der Waals surface area contributed by atoms with Gasteiger partial charge in [-0.05, 0) is 30.7 Å². The highest BCUT2D eigenvalue weighted by atomic mass is 35.5. The average Bonchev–Trinajstić information content (AvgIpc) is 2.95. The molecule has 0 bridgehead atoms. The minimum atomic E-state index is -0.253. The third kappa shape index (κ3) is 3.21. The number of thiazole rings is 1. The van der Waals surface area contributed by atoms with Gasteiger partial charge in [0.1, 0.15) is 5.75 Å². The molecule has 0 radical (unpaired) electrons. The Hall–Kier alpha value is -2.11. The van der Waals surface area contributed by atoms with Crippen molar-refractivity contribution in [1.29, 1.82) is 0 Å².